The van der Waals surface area contributed by atoms with Crippen LogP contribution < -0.4 is 4.90 Å². The van der Waals surface area contributed by atoms with Crippen LogP contribution in [0.5, 0.6) is 5.75 Å². The number of amides is 1. The molecule has 2 aliphatic rings. The molecule has 0 aliphatic carbocycles. The van der Waals surface area contributed by atoms with E-state index in [0.29, 0.717) is 40.8 Å². The highest BCUT2D eigenvalue weighted by Gasteiger charge is 2.50. The summed E-state index contributed by atoms with van der Waals surface area (Å²) in [6.45, 7) is -0.565. The number of halogens is 1. The van der Waals surface area contributed by atoms with E-state index in [0.717, 1.165) is 5.56 Å². The number of nitrogens with zero attached hydrogens (tertiary/aromatic N) is 1. The third-order valence-corrected chi connectivity index (χ3v) is 9.06. The van der Waals surface area contributed by atoms with Gasteiger partial charge < -0.3 is 40.3 Å². The van der Waals surface area contributed by atoms with E-state index in [1.54, 1.807) is 42.5 Å². The first-order chi connectivity index (χ1) is 22.2. The molecular formula is C36H36FNO8. The van der Waals surface area contributed by atoms with Crippen LogP contribution in [0.4, 0.5) is 10.1 Å². The van der Waals surface area contributed by atoms with Gasteiger partial charge in [-0.05, 0) is 59.4 Å². The molecule has 0 bridgehead atoms. The van der Waals surface area contributed by atoms with E-state index in [9.17, 15) is 39.8 Å². The maximum Gasteiger partial charge on any atom is 0.233 e. The fourth-order valence-electron chi connectivity index (χ4n) is 6.61. The first kappa shape index (κ1) is 31.8. The van der Waals surface area contributed by atoms with E-state index in [2.05, 4.69) is 0 Å². The molecule has 2 saturated heterocycles. The molecular weight excluding hydrogens is 593 g/mol. The number of rotatable bonds is 9. The quantitative estimate of drug-likeness (QED) is 0.153. The van der Waals surface area contributed by atoms with Gasteiger partial charge in [-0.2, -0.15) is 0 Å². The predicted molar refractivity (Wildman–Crippen MR) is 167 cm³/mol. The Balaban J connectivity index is 1.32. The van der Waals surface area contributed by atoms with Crippen molar-refractivity contribution in [2.45, 2.75) is 55.5 Å². The second-order valence-electron chi connectivity index (χ2n) is 11.9. The Hall–Kier alpha value is -4.16. The zero-order chi connectivity index (χ0) is 32.5. The summed E-state index contributed by atoms with van der Waals surface area (Å²) in [4.78, 5) is 15.0. The minimum Gasteiger partial charge on any atom is -0.508 e. The molecule has 4 aromatic rings. The molecule has 0 saturated carbocycles. The lowest BCUT2D eigenvalue weighted by atomic mass is 9.77. The van der Waals surface area contributed by atoms with Crippen molar-refractivity contribution in [1.29, 1.82) is 0 Å². The summed E-state index contributed by atoms with van der Waals surface area (Å²) in [5.41, 5.74) is 3.12. The molecule has 46 heavy (non-hydrogen) atoms. The van der Waals surface area contributed by atoms with Gasteiger partial charge in [-0.15, -0.1) is 0 Å². The number of hydrogen-bond acceptors (Lipinski definition) is 8. The van der Waals surface area contributed by atoms with Crippen LogP contribution in [0.25, 0.3) is 11.1 Å². The first-order valence-corrected chi connectivity index (χ1v) is 15.2. The lowest BCUT2D eigenvalue weighted by Crippen LogP contribution is -2.55. The molecule has 9 nitrogen and oxygen atoms in total. The Morgan fingerprint density at radius 1 is 0.826 bits per heavy atom. The summed E-state index contributed by atoms with van der Waals surface area (Å²) in [6.07, 6.45) is -6.86. The SMILES string of the molecule is O=C1[C@H](CC[C@H](O)c2ccccc2)[C@@H](c2ccc(-c3ccccc3[C@@H]3O[C@H](CO)[C@@H](O)[C@H](O)[C@H]3O)cc2O)N1c1cccc(F)c1. The molecule has 240 valence electrons. The van der Waals surface area contributed by atoms with E-state index in [-0.39, 0.29) is 11.7 Å². The van der Waals surface area contributed by atoms with Crippen molar-refractivity contribution in [2.75, 3.05) is 11.5 Å². The Kier molecular flexibility index (Phi) is 9.19. The van der Waals surface area contributed by atoms with Crippen LogP contribution in [0.1, 0.15) is 47.8 Å². The van der Waals surface area contributed by atoms with Gasteiger partial charge in [-0.25, -0.2) is 4.39 Å². The average molecular weight is 630 g/mol. The van der Waals surface area contributed by atoms with E-state index < -0.39 is 61.0 Å². The lowest BCUT2D eigenvalue weighted by Gasteiger charge is -2.48. The summed E-state index contributed by atoms with van der Waals surface area (Å²) in [7, 11) is 0. The second-order valence-corrected chi connectivity index (χ2v) is 11.9. The van der Waals surface area contributed by atoms with Crippen LogP contribution in [-0.4, -0.2) is 67.6 Å². The van der Waals surface area contributed by atoms with Crippen LogP contribution >= 0.6 is 0 Å². The maximum absolute atomic E-state index is 14.2. The van der Waals surface area contributed by atoms with Gasteiger partial charge in [-0.3, -0.25) is 4.79 Å². The standard InChI is InChI=1S/C36H36FNO8/c37-22-9-6-10-23(18-22)38-31(27(36(38)45)15-16-28(40)20-7-2-1-3-8-20)26-14-13-21(17-29(26)41)24-11-4-5-12-25(24)35-34(44)33(43)32(42)30(19-39)46-35/h1-14,17-18,27-28,30-35,39-44H,15-16,19H2/t27-,28+,30-,31-,32-,33+,34-,35+/m1/s1. The van der Waals surface area contributed by atoms with Gasteiger partial charge in [0.25, 0.3) is 0 Å². The fraction of sp³-hybridized carbons (Fsp3) is 0.306. The molecule has 0 aromatic heterocycles. The number of hydrogen-bond donors (Lipinski definition) is 6. The van der Waals surface area contributed by atoms with E-state index in [1.165, 1.54) is 29.2 Å². The fourth-order valence-corrected chi connectivity index (χ4v) is 6.61. The van der Waals surface area contributed by atoms with Crippen LogP contribution in [-0.2, 0) is 9.53 Å². The number of phenolic OH excluding ortho intramolecular Hbond substituents is 1. The van der Waals surface area contributed by atoms with Crippen molar-refractivity contribution >= 4 is 11.6 Å². The largest absolute Gasteiger partial charge is 0.508 e. The highest BCUT2D eigenvalue weighted by molar-refractivity contribution is 6.03. The lowest BCUT2D eigenvalue weighted by molar-refractivity contribution is -0.231. The summed E-state index contributed by atoms with van der Waals surface area (Å²) in [6, 6.07) is 26.1. The van der Waals surface area contributed by atoms with Gasteiger partial charge in [-0.1, -0.05) is 72.8 Å². The minimum atomic E-state index is -1.55. The number of benzene rings is 4. The molecule has 10 heteroatoms. The van der Waals surface area contributed by atoms with Crippen LogP contribution in [0, 0.1) is 11.7 Å². The van der Waals surface area contributed by atoms with Gasteiger partial charge in [0.15, 0.2) is 0 Å². The number of β-lactam (4-membered cyclic amide) rings is 1. The van der Waals surface area contributed by atoms with E-state index in [1.807, 2.05) is 30.3 Å². The highest BCUT2D eigenvalue weighted by Crippen LogP contribution is 2.49. The zero-order valence-corrected chi connectivity index (χ0v) is 24.8. The van der Waals surface area contributed by atoms with Crippen LogP contribution in [0.3, 0.4) is 0 Å². The molecule has 6 rings (SSSR count). The molecule has 2 heterocycles. The third-order valence-electron chi connectivity index (χ3n) is 9.06. The van der Waals surface area contributed by atoms with Gasteiger partial charge in [0, 0.05) is 11.3 Å². The normalized spacial score (nSPS) is 26.9. The number of carbonyl (C=O) groups is 1. The topological polar surface area (TPSA) is 151 Å². The van der Waals surface area contributed by atoms with Gasteiger partial charge >= 0.3 is 0 Å². The monoisotopic (exact) mass is 629 g/mol. The summed E-state index contributed by atoms with van der Waals surface area (Å²) >= 11 is 0. The van der Waals surface area contributed by atoms with Crippen molar-refractivity contribution in [1.82, 2.24) is 0 Å². The minimum absolute atomic E-state index is 0.117. The average Bonchev–Trinajstić information content (AvgIpc) is 3.07. The Labute approximate surface area is 265 Å². The van der Waals surface area contributed by atoms with Crippen molar-refractivity contribution in [3.63, 3.8) is 0 Å². The molecule has 0 radical (unpaired) electrons. The maximum atomic E-state index is 14.2. The number of phenols is 1. The molecule has 8 atom stereocenters. The van der Waals surface area contributed by atoms with Gasteiger partial charge in [0.05, 0.1) is 24.7 Å². The summed E-state index contributed by atoms with van der Waals surface area (Å²) in [5, 5.41) is 63.3. The molecule has 6 N–H and O–H groups in total. The smallest absolute Gasteiger partial charge is 0.233 e. The molecule has 4 aromatic carbocycles. The van der Waals surface area contributed by atoms with E-state index >= 15 is 0 Å². The van der Waals surface area contributed by atoms with Crippen LogP contribution in [0.2, 0.25) is 0 Å². The third kappa shape index (κ3) is 5.91. The number of aromatic hydroxyl groups is 1. The number of aliphatic hydroxyl groups is 5. The number of aliphatic hydroxyl groups excluding tert-OH is 5. The van der Waals surface area contributed by atoms with Crippen molar-refractivity contribution in [3.05, 3.63) is 120 Å². The summed E-state index contributed by atoms with van der Waals surface area (Å²) < 4.78 is 20.0. The van der Waals surface area contributed by atoms with Gasteiger partial charge in [0.2, 0.25) is 5.91 Å². The predicted octanol–water partition coefficient (Wildman–Crippen LogP) is 3.93. The number of anilines is 1. The van der Waals surface area contributed by atoms with Crippen molar-refractivity contribution in [3.8, 4) is 16.9 Å². The first-order valence-electron chi connectivity index (χ1n) is 15.2. The van der Waals surface area contributed by atoms with Crippen molar-refractivity contribution < 1.29 is 44.6 Å². The highest BCUT2D eigenvalue weighted by atomic mass is 19.1. The second kappa shape index (κ2) is 13.3. The van der Waals surface area contributed by atoms with Crippen LogP contribution in [0.15, 0.2) is 97.1 Å². The molecule has 2 fully saturated rings. The molecule has 0 unspecified atom stereocenters. The Bertz CT molecular complexity index is 1680. The number of carbonyl (C=O) groups excluding carboxylic acids is 1. The molecule has 0 spiro atoms. The number of ether oxygens (including phenoxy) is 1. The molecule has 2 aliphatic heterocycles. The Morgan fingerprint density at radius 3 is 2.28 bits per heavy atom. The Morgan fingerprint density at radius 2 is 1.57 bits per heavy atom. The van der Waals surface area contributed by atoms with Crippen molar-refractivity contribution in [2.24, 2.45) is 5.92 Å². The zero-order valence-electron chi connectivity index (χ0n) is 24.8. The van der Waals surface area contributed by atoms with Gasteiger partial charge in [0.1, 0.15) is 42.1 Å². The summed E-state index contributed by atoms with van der Waals surface area (Å²) in [5.74, 6) is -1.45. The van der Waals surface area contributed by atoms with E-state index in [4.69, 9.17) is 4.74 Å². The molecule has 1 amide bonds.